The number of halogens is 2. The molecule has 0 bridgehead atoms. The Labute approximate surface area is 103 Å². The largest absolute Gasteiger partial charge is 0.113 e. The van der Waals surface area contributed by atoms with Crippen LogP contribution in [0.4, 0.5) is 0 Å². The molecule has 0 aliphatic rings. The van der Waals surface area contributed by atoms with Crippen molar-refractivity contribution in [2.24, 2.45) is 0 Å². The first-order chi connectivity index (χ1) is 7.27. The maximum absolute atomic E-state index is 6.37. The van der Waals surface area contributed by atoms with Gasteiger partial charge < -0.3 is 0 Å². The lowest BCUT2D eigenvalue weighted by molar-refractivity contribution is 1.14. The first kappa shape index (κ1) is 10.7. The van der Waals surface area contributed by atoms with E-state index in [-0.39, 0.29) is 5.38 Å². The maximum Gasteiger partial charge on any atom is 0.0835 e. The Bertz CT molecular complexity index is 422. The fraction of sp³-hybridized carbons (Fsp3) is 0.0769. The second-order valence-corrected chi connectivity index (χ2v) is 4.68. The molecule has 0 fully saturated rings. The molecule has 0 aliphatic heterocycles. The molecular weight excluding hydrogens is 272 g/mol. The zero-order valence-electron chi connectivity index (χ0n) is 8.03. The van der Waals surface area contributed by atoms with E-state index in [1.165, 1.54) is 0 Å². The summed E-state index contributed by atoms with van der Waals surface area (Å²) in [6, 6.07) is 18.2. The Kier molecular flexibility index (Phi) is 3.45. The van der Waals surface area contributed by atoms with Crippen LogP contribution in [0.1, 0.15) is 16.5 Å². The van der Waals surface area contributed by atoms with E-state index in [0.29, 0.717) is 0 Å². The molecule has 0 saturated carbocycles. The van der Waals surface area contributed by atoms with Gasteiger partial charge in [-0.2, -0.15) is 0 Å². The molecule has 2 aromatic carbocycles. The normalized spacial score (nSPS) is 12.4. The highest BCUT2D eigenvalue weighted by molar-refractivity contribution is 9.10. The van der Waals surface area contributed by atoms with E-state index < -0.39 is 0 Å². The predicted molar refractivity (Wildman–Crippen MR) is 68.3 cm³/mol. The van der Waals surface area contributed by atoms with Crippen LogP contribution in [0.15, 0.2) is 59.1 Å². The van der Waals surface area contributed by atoms with Gasteiger partial charge >= 0.3 is 0 Å². The van der Waals surface area contributed by atoms with Crippen LogP contribution in [0.25, 0.3) is 0 Å². The molecule has 2 aromatic rings. The van der Waals surface area contributed by atoms with Crippen molar-refractivity contribution in [3.8, 4) is 0 Å². The van der Waals surface area contributed by atoms with E-state index in [1.807, 2.05) is 54.6 Å². The third-order valence-electron chi connectivity index (χ3n) is 2.25. The van der Waals surface area contributed by atoms with Gasteiger partial charge in [-0.25, -0.2) is 0 Å². The Balaban J connectivity index is 2.29. The summed E-state index contributed by atoms with van der Waals surface area (Å²) in [5.41, 5.74) is 2.24. The van der Waals surface area contributed by atoms with Gasteiger partial charge in [-0.3, -0.25) is 0 Å². The van der Waals surface area contributed by atoms with Crippen molar-refractivity contribution in [3.05, 3.63) is 70.2 Å². The second-order valence-electron chi connectivity index (χ2n) is 3.32. The van der Waals surface area contributed by atoms with Gasteiger partial charge in [-0.05, 0) is 23.3 Å². The molecule has 76 valence electrons. The highest BCUT2D eigenvalue weighted by Crippen LogP contribution is 2.29. The van der Waals surface area contributed by atoms with Crippen LogP contribution in [0.5, 0.6) is 0 Å². The molecule has 0 nitrogen and oxygen atoms in total. The highest BCUT2D eigenvalue weighted by Gasteiger charge is 2.09. The summed E-state index contributed by atoms with van der Waals surface area (Å²) < 4.78 is 1.07. The fourth-order valence-corrected chi connectivity index (χ4v) is 2.00. The predicted octanol–water partition coefficient (Wildman–Crippen LogP) is 4.78. The van der Waals surface area contributed by atoms with Crippen molar-refractivity contribution < 1.29 is 0 Å². The van der Waals surface area contributed by atoms with Crippen molar-refractivity contribution in [2.75, 3.05) is 0 Å². The lowest BCUT2D eigenvalue weighted by Gasteiger charge is -2.09. The van der Waals surface area contributed by atoms with Gasteiger partial charge in [0.15, 0.2) is 0 Å². The van der Waals surface area contributed by atoms with Crippen molar-refractivity contribution in [2.45, 2.75) is 5.38 Å². The van der Waals surface area contributed by atoms with Gasteiger partial charge in [0.2, 0.25) is 0 Å². The van der Waals surface area contributed by atoms with Crippen LogP contribution in [-0.4, -0.2) is 0 Å². The van der Waals surface area contributed by atoms with Gasteiger partial charge in [0, 0.05) is 4.47 Å². The van der Waals surface area contributed by atoms with E-state index in [4.69, 9.17) is 11.6 Å². The Morgan fingerprint density at radius 1 is 0.800 bits per heavy atom. The van der Waals surface area contributed by atoms with Crippen molar-refractivity contribution >= 4 is 27.5 Å². The van der Waals surface area contributed by atoms with Crippen molar-refractivity contribution in [1.29, 1.82) is 0 Å². The third-order valence-corrected chi connectivity index (χ3v) is 3.29. The van der Waals surface area contributed by atoms with Crippen LogP contribution in [0, 0.1) is 0 Å². The standard InChI is InChI=1S/C13H10BrCl/c14-12-8-6-11(7-9-12)13(15)10-4-2-1-3-5-10/h1-9,13H/t13-/m0/s1. The van der Waals surface area contributed by atoms with Crippen LogP contribution in [-0.2, 0) is 0 Å². The number of rotatable bonds is 2. The molecule has 0 radical (unpaired) electrons. The number of alkyl halides is 1. The van der Waals surface area contributed by atoms with Gasteiger partial charge in [0.05, 0.1) is 5.38 Å². The van der Waals surface area contributed by atoms with Crippen LogP contribution < -0.4 is 0 Å². The molecule has 15 heavy (non-hydrogen) atoms. The lowest BCUT2D eigenvalue weighted by atomic mass is 10.0. The zero-order valence-corrected chi connectivity index (χ0v) is 10.4. The molecular formula is C13H10BrCl. The van der Waals surface area contributed by atoms with Crippen LogP contribution in [0.3, 0.4) is 0 Å². The third kappa shape index (κ3) is 2.61. The molecule has 0 amide bonds. The Morgan fingerprint density at radius 2 is 1.33 bits per heavy atom. The maximum atomic E-state index is 6.37. The number of hydrogen-bond donors (Lipinski definition) is 0. The summed E-state index contributed by atoms with van der Waals surface area (Å²) in [6.45, 7) is 0. The monoisotopic (exact) mass is 280 g/mol. The highest BCUT2D eigenvalue weighted by atomic mass is 79.9. The van der Waals surface area contributed by atoms with Crippen molar-refractivity contribution in [1.82, 2.24) is 0 Å². The molecule has 1 atom stereocenters. The summed E-state index contributed by atoms with van der Waals surface area (Å²) in [5.74, 6) is 0. The molecule has 0 N–H and O–H groups in total. The van der Waals surface area contributed by atoms with Crippen LogP contribution >= 0.6 is 27.5 Å². The van der Waals surface area contributed by atoms with E-state index in [1.54, 1.807) is 0 Å². The number of benzene rings is 2. The quantitative estimate of drug-likeness (QED) is 0.695. The fourth-order valence-electron chi connectivity index (χ4n) is 1.45. The van der Waals surface area contributed by atoms with Gasteiger partial charge in [0.1, 0.15) is 0 Å². The minimum absolute atomic E-state index is 0.0701. The van der Waals surface area contributed by atoms with Gasteiger partial charge in [-0.1, -0.05) is 58.4 Å². The molecule has 2 heteroatoms. The van der Waals surface area contributed by atoms with Gasteiger partial charge in [0.25, 0.3) is 0 Å². The SMILES string of the molecule is Cl[C@@H](c1ccccc1)c1ccc(Br)cc1. The molecule has 0 aliphatic carbocycles. The number of hydrogen-bond acceptors (Lipinski definition) is 0. The van der Waals surface area contributed by atoms with E-state index in [0.717, 1.165) is 15.6 Å². The summed E-state index contributed by atoms with van der Waals surface area (Å²) >= 11 is 9.78. The smallest absolute Gasteiger partial charge is 0.0835 e. The molecule has 0 spiro atoms. The van der Waals surface area contributed by atoms with Crippen LogP contribution in [0.2, 0.25) is 0 Å². The Morgan fingerprint density at radius 3 is 1.93 bits per heavy atom. The topological polar surface area (TPSA) is 0 Å². The minimum atomic E-state index is -0.0701. The van der Waals surface area contributed by atoms with Crippen molar-refractivity contribution in [3.63, 3.8) is 0 Å². The molecule has 2 rings (SSSR count). The lowest BCUT2D eigenvalue weighted by Crippen LogP contribution is -1.91. The van der Waals surface area contributed by atoms with E-state index >= 15 is 0 Å². The minimum Gasteiger partial charge on any atom is -0.113 e. The zero-order chi connectivity index (χ0) is 10.7. The summed E-state index contributed by atoms with van der Waals surface area (Å²) in [4.78, 5) is 0. The van der Waals surface area contributed by atoms with Gasteiger partial charge in [-0.15, -0.1) is 11.6 Å². The summed E-state index contributed by atoms with van der Waals surface area (Å²) in [6.07, 6.45) is 0. The summed E-state index contributed by atoms with van der Waals surface area (Å²) in [5, 5.41) is -0.0701. The molecule has 0 aromatic heterocycles. The molecule has 0 heterocycles. The first-order valence-corrected chi connectivity index (χ1v) is 5.95. The summed E-state index contributed by atoms with van der Waals surface area (Å²) in [7, 11) is 0. The Hall–Kier alpha value is -0.790. The average molecular weight is 282 g/mol. The van der Waals surface area contributed by atoms with E-state index in [9.17, 15) is 0 Å². The molecule has 0 unspecified atom stereocenters. The average Bonchev–Trinajstić information content (AvgIpc) is 2.30. The first-order valence-electron chi connectivity index (χ1n) is 4.72. The second kappa shape index (κ2) is 4.82. The van der Waals surface area contributed by atoms with E-state index in [2.05, 4.69) is 15.9 Å². The molecule has 0 saturated heterocycles.